The van der Waals surface area contributed by atoms with E-state index in [1.165, 1.54) is 12.8 Å². The minimum atomic E-state index is -0.837. The van der Waals surface area contributed by atoms with Gasteiger partial charge in [-0.15, -0.1) is 0 Å². The van der Waals surface area contributed by atoms with Crippen LogP contribution < -0.4 is 4.57 Å². The third-order valence-electron chi connectivity index (χ3n) is 2.69. The third-order valence-corrected chi connectivity index (χ3v) is 2.69. The maximum Gasteiger partial charge on any atom is 0.330 e. The molecular weight excluding hydrogens is 216 g/mol. The normalized spacial score (nSPS) is 11.8. The Labute approximate surface area is 102 Å². The van der Waals surface area contributed by atoms with Crippen LogP contribution in [0.3, 0.4) is 0 Å². The molecule has 94 valence electrons. The zero-order valence-corrected chi connectivity index (χ0v) is 10.6. The Hall–Kier alpha value is -1.58. The van der Waals surface area contributed by atoms with Crippen molar-refractivity contribution in [3.8, 4) is 0 Å². The summed E-state index contributed by atoms with van der Waals surface area (Å²) in [7, 11) is 0. The number of aryl methyl sites for hydroxylation is 2. The van der Waals surface area contributed by atoms with Crippen molar-refractivity contribution in [3.05, 3.63) is 30.4 Å². The van der Waals surface area contributed by atoms with Gasteiger partial charge < -0.3 is 5.11 Å². The van der Waals surface area contributed by atoms with Gasteiger partial charge in [0.05, 0.1) is 13.1 Å². The molecule has 4 heteroatoms. The first-order chi connectivity index (χ1) is 8.13. The molecule has 17 heavy (non-hydrogen) atoms. The van der Waals surface area contributed by atoms with Crippen LogP contribution in [0.4, 0.5) is 0 Å². The van der Waals surface area contributed by atoms with Crippen molar-refractivity contribution < 1.29 is 14.5 Å². The lowest BCUT2D eigenvalue weighted by Gasteiger charge is -1.95. The number of rotatable bonds is 7. The van der Waals surface area contributed by atoms with Gasteiger partial charge >= 0.3 is 5.97 Å². The summed E-state index contributed by atoms with van der Waals surface area (Å²) in [6.07, 6.45) is 11.0. The zero-order valence-electron chi connectivity index (χ0n) is 10.6. The van der Waals surface area contributed by atoms with Crippen LogP contribution in [0.15, 0.2) is 30.4 Å². The van der Waals surface area contributed by atoms with E-state index in [0.717, 1.165) is 19.5 Å². The summed E-state index contributed by atoms with van der Waals surface area (Å²) in [6.45, 7) is 5.67. The van der Waals surface area contributed by atoms with E-state index in [1.54, 1.807) is 13.0 Å². The molecule has 1 rings (SSSR count). The van der Waals surface area contributed by atoms with E-state index in [0.29, 0.717) is 5.57 Å². The van der Waals surface area contributed by atoms with Crippen molar-refractivity contribution in [3.63, 3.8) is 0 Å². The lowest BCUT2D eigenvalue weighted by molar-refractivity contribution is -0.696. The molecule has 0 aliphatic heterocycles. The van der Waals surface area contributed by atoms with Gasteiger partial charge in [-0.05, 0) is 13.3 Å². The number of aromatic nitrogens is 2. The average Bonchev–Trinajstić information content (AvgIpc) is 2.74. The van der Waals surface area contributed by atoms with E-state index in [2.05, 4.69) is 28.6 Å². The molecule has 0 aliphatic rings. The Bertz CT molecular complexity index is 394. The van der Waals surface area contributed by atoms with Crippen LogP contribution in [0.1, 0.15) is 33.1 Å². The molecule has 1 N–H and O–H groups in total. The van der Waals surface area contributed by atoms with Crippen LogP contribution in [-0.2, 0) is 17.9 Å². The van der Waals surface area contributed by atoms with E-state index in [9.17, 15) is 4.79 Å². The predicted molar refractivity (Wildman–Crippen MR) is 65.5 cm³/mol. The van der Waals surface area contributed by atoms with E-state index < -0.39 is 5.97 Å². The second kappa shape index (κ2) is 6.89. The Morgan fingerprint density at radius 3 is 2.94 bits per heavy atom. The Balaban J connectivity index is 2.39. The highest BCUT2D eigenvalue weighted by Crippen LogP contribution is 1.98. The van der Waals surface area contributed by atoms with Crippen molar-refractivity contribution >= 4 is 5.97 Å². The topological polar surface area (TPSA) is 46.1 Å². The third kappa shape index (κ3) is 4.85. The Morgan fingerprint density at radius 1 is 1.53 bits per heavy atom. The number of hydrogen-bond acceptors (Lipinski definition) is 1. The number of hydrogen-bond donors (Lipinski definition) is 1. The summed E-state index contributed by atoms with van der Waals surface area (Å²) in [6, 6.07) is 0. The molecule has 1 heterocycles. The maximum absolute atomic E-state index is 10.6. The highest BCUT2D eigenvalue weighted by atomic mass is 16.4. The summed E-state index contributed by atoms with van der Waals surface area (Å²) in [5.74, 6) is -0.837. The van der Waals surface area contributed by atoms with Crippen molar-refractivity contribution in [2.45, 2.75) is 46.2 Å². The highest BCUT2D eigenvalue weighted by Gasteiger charge is 2.03. The molecular formula is C13H21N2O2+. The van der Waals surface area contributed by atoms with Crippen LogP contribution in [0.25, 0.3) is 0 Å². The van der Waals surface area contributed by atoms with Crippen molar-refractivity contribution in [2.75, 3.05) is 0 Å². The maximum atomic E-state index is 10.6. The Morgan fingerprint density at radius 2 is 2.29 bits per heavy atom. The summed E-state index contributed by atoms with van der Waals surface area (Å²) in [4.78, 5) is 10.6. The lowest BCUT2D eigenvalue weighted by Crippen LogP contribution is -2.30. The summed E-state index contributed by atoms with van der Waals surface area (Å²) >= 11 is 0. The number of imidazole rings is 1. The van der Waals surface area contributed by atoms with Crippen LogP contribution in [0, 0.1) is 0 Å². The minimum absolute atomic E-state index is 0.413. The molecule has 0 atom stereocenters. The fourth-order valence-corrected chi connectivity index (χ4v) is 1.56. The fraction of sp³-hybridized carbons (Fsp3) is 0.538. The molecule has 0 spiro atoms. The van der Waals surface area contributed by atoms with E-state index >= 15 is 0 Å². The molecule has 0 saturated heterocycles. The molecule has 1 aromatic rings. The standard InChI is InChI=1S/C13H20N2O2/c1-3-4-7-14-9-10-15(11-14)8-5-6-12(2)13(16)17/h6,9-11H,3-5,7-8H2,1-2H3/p+1/b12-6+. The minimum Gasteiger partial charge on any atom is -0.478 e. The van der Waals surface area contributed by atoms with Gasteiger partial charge in [0.1, 0.15) is 12.4 Å². The van der Waals surface area contributed by atoms with Crippen LogP contribution in [-0.4, -0.2) is 15.6 Å². The van der Waals surface area contributed by atoms with E-state index in [-0.39, 0.29) is 0 Å². The van der Waals surface area contributed by atoms with Gasteiger partial charge in [0.15, 0.2) is 0 Å². The first kappa shape index (κ1) is 13.5. The molecule has 0 bridgehead atoms. The zero-order chi connectivity index (χ0) is 12.7. The number of unbranched alkanes of at least 4 members (excludes halogenated alkanes) is 1. The number of carboxylic acids is 1. The first-order valence-corrected chi connectivity index (χ1v) is 6.08. The highest BCUT2D eigenvalue weighted by molar-refractivity contribution is 5.85. The Kier molecular flexibility index (Phi) is 5.46. The molecule has 0 fully saturated rings. The largest absolute Gasteiger partial charge is 0.478 e. The van der Waals surface area contributed by atoms with Crippen molar-refractivity contribution in [1.82, 2.24) is 4.57 Å². The quantitative estimate of drug-likeness (QED) is 0.582. The van der Waals surface area contributed by atoms with Gasteiger partial charge in [0.25, 0.3) is 0 Å². The van der Waals surface area contributed by atoms with Crippen LogP contribution in [0.5, 0.6) is 0 Å². The molecule has 4 nitrogen and oxygen atoms in total. The molecule has 0 saturated carbocycles. The molecule has 1 aromatic heterocycles. The lowest BCUT2D eigenvalue weighted by atomic mass is 10.2. The smallest absolute Gasteiger partial charge is 0.330 e. The predicted octanol–water partition coefficient (Wildman–Crippen LogP) is 2.00. The average molecular weight is 237 g/mol. The second-order valence-electron chi connectivity index (χ2n) is 4.22. The summed E-state index contributed by atoms with van der Waals surface area (Å²) in [5, 5.41) is 8.70. The van der Waals surface area contributed by atoms with Gasteiger partial charge in [-0.1, -0.05) is 19.4 Å². The molecule has 0 aliphatic carbocycles. The van der Waals surface area contributed by atoms with Crippen molar-refractivity contribution in [1.29, 1.82) is 0 Å². The molecule has 0 amide bonds. The summed E-state index contributed by atoms with van der Waals surface area (Å²) < 4.78 is 4.25. The second-order valence-corrected chi connectivity index (χ2v) is 4.22. The van der Waals surface area contributed by atoms with E-state index in [4.69, 9.17) is 5.11 Å². The van der Waals surface area contributed by atoms with Gasteiger partial charge in [0.2, 0.25) is 6.33 Å². The number of carboxylic acid groups (broad SMARTS) is 1. The number of allylic oxidation sites excluding steroid dienone is 1. The molecule has 0 radical (unpaired) electrons. The number of aliphatic carboxylic acids is 1. The van der Waals surface area contributed by atoms with Gasteiger partial charge in [-0.2, -0.15) is 0 Å². The van der Waals surface area contributed by atoms with Crippen LogP contribution >= 0.6 is 0 Å². The van der Waals surface area contributed by atoms with Gasteiger partial charge in [-0.3, -0.25) is 0 Å². The number of carbonyl (C=O) groups is 1. The fourth-order valence-electron chi connectivity index (χ4n) is 1.56. The SMILES string of the molecule is CCCC[n+]1ccn(CC/C=C(\C)C(=O)O)c1. The monoisotopic (exact) mass is 237 g/mol. The van der Waals surface area contributed by atoms with Gasteiger partial charge in [-0.25, -0.2) is 13.9 Å². The van der Waals surface area contributed by atoms with Gasteiger partial charge in [0, 0.05) is 12.0 Å². The first-order valence-electron chi connectivity index (χ1n) is 6.08. The van der Waals surface area contributed by atoms with Crippen LogP contribution in [0.2, 0.25) is 0 Å². The van der Waals surface area contributed by atoms with Crippen molar-refractivity contribution in [2.24, 2.45) is 0 Å². The molecule has 0 aromatic carbocycles. The molecule has 0 unspecified atom stereocenters. The summed E-state index contributed by atoms with van der Waals surface area (Å²) in [5.41, 5.74) is 0.413. The van der Waals surface area contributed by atoms with E-state index in [1.807, 2.05) is 6.20 Å². The number of nitrogens with zero attached hydrogens (tertiary/aromatic N) is 2.